The highest BCUT2D eigenvalue weighted by Crippen LogP contribution is 2.38. The number of unbranched alkanes of at least 4 members (excludes halogenated alkanes) is 1. The van der Waals surface area contributed by atoms with Crippen molar-refractivity contribution in [2.24, 2.45) is 0 Å². The summed E-state index contributed by atoms with van der Waals surface area (Å²) in [5.41, 5.74) is 2.51. The highest BCUT2D eigenvalue weighted by atomic mass is 32.2. The van der Waals surface area contributed by atoms with Crippen LogP contribution in [0.25, 0.3) is 10.2 Å². The van der Waals surface area contributed by atoms with Gasteiger partial charge in [-0.25, -0.2) is 4.98 Å². The number of thioether (sulfide) groups is 1. The van der Waals surface area contributed by atoms with E-state index >= 15 is 0 Å². The number of hydrogen-bond donors (Lipinski definition) is 2. The Hall–Kier alpha value is -3.16. The summed E-state index contributed by atoms with van der Waals surface area (Å²) in [7, 11) is 0. The van der Waals surface area contributed by atoms with Gasteiger partial charge in [0.1, 0.15) is 5.25 Å². The van der Waals surface area contributed by atoms with Crippen molar-refractivity contribution in [2.75, 3.05) is 10.6 Å². The summed E-state index contributed by atoms with van der Waals surface area (Å²) in [5.74, 6) is -0.130. The number of fused-ring (bicyclic) bond motifs is 1. The van der Waals surface area contributed by atoms with Gasteiger partial charge in [0, 0.05) is 17.0 Å². The molecule has 0 radical (unpaired) electrons. The van der Waals surface area contributed by atoms with Gasteiger partial charge in [0.05, 0.1) is 10.2 Å². The first-order chi connectivity index (χ1) is 16.1. The summed E-state index contributed by atoms with van der Waals surface area (Å²) >= 11 is 2.91. The first-order valence-corrected chi connectivity index (χ1v) is 12.6. The molecule has 2 amide bonds. The van der Waals surface area contributed by atoms with Crippen LogP contribution in [0.3, 0.4) is 0 Å². The molecule has 0 saturated carbocycles. The zero-order valence-electron chi connectivity index (χ0n) is 18.3. The first kappa shape index (κ1) is 23.0. The van der Waals surface area contributed by atoms with E-state index in [9.17, 15) is 9.59 Å². The third-order valence-corrected chi connectivity index (χ3v) is 7.19. The van der Waals surface area contributed by atoms with E-state index in [1.165, 1.54) is 23.1 Å². The van der Waals surface area contributed by atoms with Crippen LogP contribution in [-0.4, -0.2) is 16.8 Å². The minimum absolute atomic E-state index is 0.00666. The van der Waals surface area contributed by atoms with Gasteiger partial charge in [-0.05, 0) is 42.3 Å². The van der Waals surface area contributed by atoms with Gasteiger partial charge in [-0.1, -0.05) is 73.2 Å². The molecule has 0 saturated heterocycles. The maximum Gasteiger partial charge on any atom is 0.244 e. The summed E-state index contributed by atoms with van der Waals surface area (Å²) in [4.78, 5) is 30.9. The highest BCUT2D eigenvalue weighted by Gasteiger charge is 2.23. The van der Waals surface area contributed by atoms with Gasteiger partial charge in [0.25, 0.3) is 0 Å². The van der Waals surface area contributed by atoms with Crippen molar-refractivity contribution in [3.05, 3.63) is 84.4 Å². The third kappa shape index (κ3) is 6.21. The number of nitrogens with zero attached hydrogens (tertiary/aromatic N) is 1. The first-order valence-electron chi connectivity index (χ1n) is 10.9. The second-order valence-corrected chi connectivity index (χ2v) is 9.77. The monoisotopic (exact) mass is 475 g/mol. The maximum absolute atomic E-state index is 13.3. The van der Waals surface area contributed by atoms with Crippen molar-refractivity contribution < 1.29 is 9.59 Å². The largest absolute Gasteiger partial charge is 0.326 e. The SMILES string of the molecule is CCCCC(=O)Nc1cccc(SC(C(=O)Nc2nc3ccccc3s2)c2ccccc2)c1. The van der Waals surface area contributed by atoms with E-state index in [0.29, 0.717) is 11.6 Å². The van der Waals surface area contributed by atoms with Gasteiger partial charge in [-0.3, -0.25) is 9.59 Å². The number of thiazole rings is 1. The van der Waals surface area contributed by atoms with Gasteiger partial charge < -0.3 is 10.6 Å². The second kappa shape index (κ2) is 11.1. The smallest absolute Gasteiger partial charge is 0.244 e. The van der Waals surface area contributed by atoms with Crippen LogP contribution in [0.4, 0.5) is 10.8 Å². The number of para-hydroxylation sites is 1. The Balaban J connectivity index is 1.53. The summed E-state index contributed by atoms with van der Waals surface area (Å²) in [6, 6.07) is 25.1. The summed E-state index contributed by atoms with van der Waals surface area (Å²) in [6.45, 7) is 2.06. The van der Waals surface area contributed by atoms with E-state index in [-0.39, 0.29) is 11.8 Å². The van der Waals surface area contributed by atoms with Crippen LogP contribution in [0.1, 0.15) is 37.0 Å². The van der Waals surface area contributed by atoms with E-state index < -0.39 is 5.25 Å². The molecule has 2 N–H and O–H groups in total. The van der Waals surface area contributed by atoms with Gasteiger partial charge >= 0.3 is 0 Å². The molecule has 0 spiro atoms. The summed E-state index contributed by atoms with van der Waals surface area (Å²) in [6.07, 6.45) is 2.35. The number of amides is 2. The average molecular weight is 476 g/mol. The van der Waals surface area contributed by atoms with Crippen LogP contribution in [0.2, 0.25) is 0 Å². The molecular weight excluding hydrogens is 450 g/mol. The van der Waals surface area contributed by atoms with Gasteiger partial charge in [-0.2, -0.15) is 0 Å². The van der Waals surface area contributed by atoms with Gasteiger partial charge in [0.15, 0.2) is 5.13 Å². The Labute approximate surface area is 201 Å². The molecule has 5 nitrogen and oxygen atoms in total. The fraction of sp³-hybridized carbons (Fsp3) is 0.192. The molecule has 0 aliphatic carbocycles. The molecular formula is C26H25N3O2S2. The van der Waals surface area contributed by atoms with E-state index in [2.05, 4.69) is 22.5 Å². The van der Waals surface area contributed by atoms with Crippen molar-refractivity contribution in [3.8, 4) is 0 Å². The average Bonchev–Trinajstić information content (AvgIpc) is 3.24. The van der Waals surface area contributed by atoms with Crippen LogP contribution in [-0.2, 0) is 9.59 Å². The molecule has 3 aromatic carbocycles. The standard InChI is InChI=1S/C26H25N3O2S2/c1-2-3-16-23(30)27-19-12-9-13-20(17-19)32-24(18-10-5-4-6-11-18)25(31)29-26-28-21-14-7-8-15-22(21)33-26/h4-15,17,24H,2-3,16H2,1H3,(H,27,30)(H,28,29,31). The Morgan fingerprint density at radius 1 is 0.970 bits per heavy atom. The number of hydrogen-bond acceptors (Lipinski definition) is 5. The summed E-state index contributed by atoms with van der Waals surface area (Å²) < 4.78 is 1.03. The fourth-order valence-corrected chi connectivity index (χ4v) is 5.29. The quantitative estimate of drug-likeness (QED) is 0.258. The number of anilines is 2. The molecule has 4 aromatic rings. The third-order valence-electron chi connectivity index (χ3n) is 4.99. The van der Waals surface area contributed by atoms with Crippen molar-refractivity contribution >= 4 is 55.9 Å². The molecule has 1 heterocycles. The lowest BCUT2D eigenvalue weighted by Gasteiger charge is -2.17. The zero-order chi connectivity index (χ0) is 23.0. The molecule has 4 rings (SSSR count). The molecule has 1 aromatic heterocycles. The molecule has 0 aliphatic heterocycles. The molecule has 0 fully saturated rings. The van der Waals surface area contributed by atoms with E-state index in [4.69, 9.17) is 0 Å². The van der Waals surface area contributed by atoms with Crippen LogP contribution >= 0.6 is 23.1 Å². The second-order valence-electron chi connectivity index (χ2n) is 7.56. The minimum atomic E-state index is -0.468. The molecule has 33 heavy (non-hydrogen) atoms. The lowest BCUT2D eigenvalue weighted by atomic mass is 10.1. The fourth-order valence-electron chi connectivity index (χ4n) is 3.34. The Bertz CT molecular complexity index is 1210. The Kier molecular flexibility index (Phi) is 7.75. The lowest BCUT2D eigenvalue weighted by molar-refractivity contribution is -0.116. The van der Waals surface area contributed by atoms with Crippen LogP contribution in [0.5, 0.6) is 0 Å². The predicted octanol–water partition coefficient (Wildman–Crippen LogP) is 6.90. The zero-order valence-corrected chi connectivity index (χ0v) is 19.9. The van der Waals surface area contributed by atoms with Crippen LogP contribution in [0.15, 0.2) is 83.8 Å². The van der Waals surface area contributed by atoms with Crippen molar-refractivity contribution in [3.63, 3.8) is 0 Å². The highest BCUT2D eigenvalue weighted by molar-refractivity contribution is 8.00. The van der Waals surface area contributed by atoms with Gasteiger partial charge in [0.2, 0.25) is 11.8 Å². The lowest BCUT2D eigenvalue weighted by Crippen LogP contribution is -2.19. The minimum Gasteiger partial charge on any atom is -0.326 e. The molecule has 1 atom stereocenters. The molecule has 7 heteroatoms. The van der Waals surface area contributed by atoms with Crippen molar-refractivity contribution in [1.82, 2.24) is 4.98 Å². The Morgan fingerprint density at radius 3 is 2.55 bits per heavy atom. The molecule has 168 valence electrons. The maximum atomic E-state index is 13.3. The number of rotatable bonds is 9. The predicted molar refractivity (Wildman–Crippen MR) is 138 cm³/mol. The molecule has 0 aliphatic rings. The summed E-state index contributed by atoms with van der Waals surface area (Å²) in [5, 5.41) is 6.07. The number of carbonyl (C=O) groups is 2. The number of nitrogens with one attached hydrogen (secondary N) is 2. The van der Waals surface area contributed by atoms with Gasteiger partial charge in [-0.15, -0.1) is 11.8 Å². The van der Waals surface area contributed by atoms with Crippen LogP contribution < -0.4 is 10.6 Å². The molecule has 1 unspecified atom stereocenters. The van der Waals surface area contributed by atoms with Crippen molar-refractivity contribution in [1.29, 1.82) is 0 Å². The number of carbonyl (C=O) groups excluding carboxylic acids is 2. The van der Waals surface area contributed by atoms with E-state index in [0.717, 1.165) is 39.2 Å². The number of aromatic nitrogens is 1. The van der Waals surface area contributed by atoms with Crippen LogP contribution in [0, 0.1) is 0 Å². The van der Waals surface area contributed by atoms with E-state index in [1.54, 1.807) is 0 Å². The van der Waals surface area contributed by atoms with Crippen molar-refractivity contribution in [2.45, 2.75) is 36.3 Å². The van der Waals surface area contributed by atoms with E-state index in [1.807, 2.05) is 78.9 Å². The Morgan fingerprint density at radius 2 is 1.76 bits per heavy atom. The normalized spacial score (nSPS) is 11.8. The topological polar surface area (TPSA) is 71.1 Å². The number of benzene rings is 3. The molecule has 0 bridgehead atoms.